The molecule has 2 aliphatic rings. The van der Waals surface area contributed by atoms with Crippen LogP contribution in [0.3, 0.4) is 0 Å². The summed E-state index contributed by atoms with van der Waals surface area (Å²) in [6.07, 6.45) is 5.40. The topological polar surface area (TPSA) is 132 Å². The zero-order valence-corrected chi connectivity index (χ0v) is 22.8. The fourth-order valence-corrected chi connectivity index (χ4v) is 5.12. The van der Waals surface area contributed by atoms with Crippen LogP contribution in [-0.4, -0.2) is 84.4 Å². The number of H-pyrrole nitrogens is 1. The molecule has 0 radical (unpaired) electrons. The van der Waals surface area contributed by atoms with Gasteiger partial charge in [-0.05, 0) is 49.7 Å². The van der Waals surface area contributed by atoms with Crippen molar-refractivity contribution in [2.45, 2.75) is 57.5 Å². The van der Waals surface area contributed by atoms with Crippen molar-refractivity contribution < 1.29 is 24.2 Å². The predicted molar refractivity (Wildman–Crippen MR) is 144 cm³/mol. The van der Waals surface area contributed by atoms with E-state index in [0.29, 0.717) is 42.9 Å². The number of methoxy groups -OCH3 is 1. The van der Waals surface area contributed by atoms with Gasteiger partial charge in [0.2, 0.25) is 5.91 Å². The number of hydrogen-bond donors (Lipinski definition) is 3. The Morgan fingerprint density at radius 2 is 2.00 bits per heavy atom. The number of rotatable bonds is 9. The molecule has 11 heteroatoms. The van der Waals surface area contributed by atoms with Crippen LogP contribution in [0, 0.1) is 5.92 Å². The van der Waals surface area contributed by atoms with E-state index in [-0.39, 0.29) is 35.7 Å². The maximum Gasteiger partial charge on any atom is 0.424 e. The number of carbonyl (C=O) groups is 2. The summed E-state index contributed by atoms with van der Waals surface area (Å²) in [5, 5.41) is 23.9. The van der Waals surface area contributed by atoms with Crippen molar-refractivity contribution >= 4 is 24.0 Å². The average molecular weight is 527 g/mol. The Balaban J connectivity index is 1.38. The monoisotopic (exact) mass is 526 g/mol. The minimum Gasteiger partial charge on any atom is -0.507 e. The van der Waals surface area contributed by atoms with Crippen molar-refractivity contribution in [1.82, 2.24) is 20.2 Å². The molecule has 1 fully saturated rings. The van der Waals surface area contributed by atoms with Crippen LogP contribution in [0.5, 0.6) is 11.5 Å². The number of amides is 2. The highest BCUT2D eigenvalue weighted by Gasteiger charge is 2.34. The van der Waals surface area contributed by atoms with Gasteiger partial charge in [0.15, 0.2) is 5.82 Å². The predicted octanol–water partition coefficient (Wildman–Crippen LogP) is 3.49. The van der Waals surface area contributed by atoms with Gasteiger partial charge in [-0.2, -0.15) is 5.10 Å². The smallest absolute Gasteiger partial charge is 0.424 e. The molecule has 1 aromatic heterocycles. The second-order valence-corrected chi connectivity index (χ2v) is 10.2. The summed E-state index contributed by atoms with van der Waals surface area (Å²) in [4.78, 5) is 29.8. The molecule has 38 heavy (non-hydrogen) atoms. The molecule has 0 spiro atoms. The van der Waals surface area contributed by atoms with Crippen molar-refractivity contribution in [3.63, 3.8) is 0 Å². The highest BCUT2D eigenvalue weighted by atomic mass is 16.6. The third-order valence-corrected chi connectivity index (χ3v) is 7.40. The van der Waals surface area contributed by atoms with Crippen LogP contribution < -0.4 is 10.1 Å². The zero-order valence-electron chi connectivity index (χ0n) is 22.8. The molecule has 3 N–H and O–H groups in total. The minimum absolute atomic E-state index is 0.104. The number of anilines is 1. The summed E-state index contributed by atoms with van der Waals surface area (Å²) in [5.41, 5.74) is 3.39. The third-order valence-electron chi connectivity index (χ3n) is 7.40. The number of nitrogens with one attached hydrogen (secondary N) is 2. The molecule has 2 aliphatic carbocycles. The summed E-state index contributed by atoms with van der Waals surface area (Å²) >= 11 is 0. The van der Waals surface area contributed by atoms with E-state index in [4.69, 9.17) is 9.47 Å². The maximum absolute atomic E-state index is 13.2. The first-order chi connectivity index (χ1) is 18.2. The first-order valence-corrected chi connectivity index (χ1v) is 13.1. The zero-order chi connectivity index (χ0) is 27.4. The normalized spacial score (nSPS) is 20.6. The van der Waals surface area contributed by atoms with Gasteiger partial charge in [0.25, 0.3) is 0 Å². The first kappa shape index (κ1) is 27.4. The van der Waals surface area contributed by atoms with Gasteiger partial charge in [-0.1, -0.05) is 6.92 Å². The fourth-order valence-electron chi connectivity index (χ4n) is 5.12. The Bertz CT molecular complexity index is 1190. The van der Waals surface area contributed by atoms with Gasteiger partial charge in [-0.3, -0.25) is 14.9 Å². The van der Waals surface area contributed by atoms with Gasteiger partial charge in [0, 0.05) is 69.1 Å². The summed E-state index contributed by atoms with van der Waals surface area (Å²) in [5.74, 6) is 0.866. The lowest BCUT2D eigenvalue weighted by atomic mass is 10.0. The highest BCUT2D eigenvalue weighted by molar-refractivity contribution is 5.94. The molecule has 4 rings (SSSR count). The molecule has 206 valence electrons. The minimum atomic E-state index is -0.375. The lowest BCUT2D eigenvalue weighted by molar-refractivity contribution is -0.119. The first-order valence-electron chi connectivity index (χ1n) is 13.1. The number of phenols is 1. The van der Waals surface area contributed by atoms with Crippen LogP contribution >= 0.6 is 0 Å². The van der Waals surface area contributed by atoms with Gasteiger partial charge >= 0.3 is 6.09 Å². The maximum atomic E-state index is 13.2. The third kappa shape index (κ3) is 5.93. The second kappa shape index (κ2) is 11.8. The molecular formula is C27H38N6O5. The number of fused-ring (bicyclic) bond motifs is 1. The number of aromatic nitrogens is 2. The van der Waals surface area contributed by atoms with Gasteiger partial charge in [-0.25, -0.2) is 14.8 Å². The van der Waals surface area contributed by atoms with Crippen LogP contribution in [0.25, 0.3) is 0 Å². The van der Waals surface area contributed by atoms with Crippen molar-refractivity contribution in [2.75, 3.05) is 40.1 Å². The van der Waals surface area contributed by atoms with Gasteiger partial charge in [0.1, 0.15) is 17.6 Å². The molecule has 1 saturated carbocycles. The van der Waals surface area contributed by atoms with E-state index in [2.05, 4.69) is 20.5 Å². The highest BCUT2D eigenvalue weighted by Crippen LogP contribution is 2.40. The number of carbonyl (C=O) groups excluding carboxylic acids is 2. The SMILES string of the molecule is CCCN=Cc1c(O)cc(OC)c2c1CC(C(=O)Nc1cc(C3CCC(OC(=O)N(C)N(C)C)C3)[nH]n1)C2. The van der Waals surface area contributed by atoms with E-state index in [1.807, 2.05) is 13.0 Å². The van der Waals surface area contributed by atoms with Crippen molar-refractivity contribution in [2.24, 2.45) is 10.9 Å². The van der Waals surface area contributed by atoms with Crippen molar-refractivity contribution in [1.29, 1.82) is 0 Å². The molecule has 1 aromatic carbocycles. The van der Waals surface area contributed by atoms with Crippen LogP contribution in [0.4, 0.5) is 10.6 Å². The van der Waals surface area contributed by atoms with E-state index in [9.17, 15) is 14.7 Å². The number of hydrogen-bond acceptors (Lipinski definition) is 8. The van der Waals surface area contributed by atoms with Crippen LogP contribution in [0.2, 0.25) is 0 Å². The summed E-state index contributed by atoms with van der Waals surface area (Å²) < 4.78 is 11.1. The Morgan fingerprint density at radius 1 is 1.24 bits per heavy atom. The quantitative estimate of drug-likeness (QED) is 0.337. The molecule has 0 saturated heterocycles. The number of aromatic amines is 1. The number of benzene rings is 1. The molecule has 11 nitrogen and oxygen atoms in total. The molecule has 0 aliphatic heterocycles. The number of aliphatic imine (C=N–C) groups is 1. The van der Waals surface area contributed by atoms with E-state index < -0.39 is 0 Å². The number of nitrogens with zero attached hydrogens (tertiary/aromatic N) is 4. The molecular weight excluding hydrogens is 488 g/mol. The molecule has 3 atom stereocenters. The summed E-state index contributed by atoms with van der Waals surface area (Å²) in [6, 6.07) is 3.45. The van der Waals surface area contributed by atoms with E-state index in [1.54, 1.807) is 45.5 Å². The number of aromatic hydroxyl groups is 1. The van der Waals surface area contributed by atoms with E-state index >= 15 is 0 Å². The standard InChI is InChI=1S/C27H38N6O5/c1-6-9-28-15-21-19-11-17(12-20(19)24(37-5)14-23(21)34)26(35)29-25-13-22(30-31-25)16-7-8-18(10-16)38-27(36)33(4)32(2)3/h13-18,34H,6-12H2,1-5H3,(H2,29,30,31,35). The van der Waals surface area contributed by atoms with Crippen LogP contribution in [0.1, 0.15) is 60.9 Å². The summed E-state index contributed by atoms with van der Waals surface area (Å²) in [6.45, 7) is 2.71. The molecule has 1 heterocycles. The van der Waals surface area contributed by atoms with Crippen LogP contribution in [0.15, 0.2) is 17.1 Å². The summed E-state index contributed by atoms with van der Waals surface area (Å²) in [7, 11) is 6.80. The van der Waals surface area contributed by atoms with Gasteiger partial charge in [0.05, 0.1) is 7.11 Å². The lowest BCUT2D eigenvalue weighted by Crippen LogP contribution is -2.40. The van der Waals surface area contributed by atoms with Gasteiger partial charge < -0.3 is 19.9 Å². The fraction of sp³-hybridized carbons (Fsp3) is 0.556. The Morgan fingerprint density at radius 3 is 2.71 bits per heavy atom. The second-order valence-electron chi connectivity index (χ2n) is 10.2. The van der Waals surface area contributed by atoms with E-state index in [1.165, 1.54) is 5.01 Å². The van der Waals surface area contributed by atoms with Gasteiger partial charge in [-0.15, -0.1) is 0 Å². The van der Waals surface area contributed by atoms with Crippen molar-refractivity contribution in [3.8, 4) is 11.5 Å². The Kier molecular flexibility index (Phi) is 8.55. The van der Waals surface area contributed by atoms with Crippen LogP contribution in [-0.2, 0) is 22.4 Å². The number of ether oxygens (including phenoxy) is 2. The average Bonchev–Trinajstić information content (AvgIpc) is 3.64. The molecule has 0 bridgehead atoms. The number of phenolic OH excluding ortho intramolecular Hbond substituents is 1. The molecule has 3 unspecified atom stereocenters. The largest absolute Gasteiger partial charge is 0.507 e. The molecule has 2 amide bonds. The Hall–Kier alpha value is -3.60. The number of hydrazine groups is 1. The van der Waals surface area contributed by atoms with E-state index in [0.717, 1.165) is 36.1 Å². The molecule has 2 aromatic rings. The van der Waals surface area contributed by atoms with Crippen molar-refractivity contribution in [3.05, 3.63) is 34.5 Å². The Labute approximate surface area is 223 Å². The lowest BCUT2D eigenvalue weighted by Gasteiger charge is -2.25.